The van der Waals surface area contributed by atoms with E-state index in [1.165, 1.54) is 28.6 Å². The van der Waals surface area contributed by atoms with E-state index in [4.69, 9.17) is 5.26 Å². The van der Waals surface area contributed by atoms with Crippen LogP contribution in [-0.4, -0.2) is 56.3 Å². The van der Waals surface area contributed by atoms with E-state index in [2.05, 4.69) is 5.32 Å². The second kappa shape index (κ2) is 8.69. The number of sulfonamides is 1. The molecule has 0 atom stereocenters. The third-order valence-corrected chi connectivity index (χ3v) is 6.68. The quantitative estimate of drug-likeness (QED) is 0.804. The van der Waals surface area contributed by atoms with Crippen LogP contribution in [0.3, 0.4) is 0 Å². The Labute approximate surface area is 169 Å². The van der Waals surface area contributed by atoms with E-state index in [-0.39, 0.29) is 41.7 Å². The number of piperazine rings is 1. The van der Waals surface area contributed by atoms with Crippen molar-refractivity contribution in [3.8, 4) is 6.07 Å². The summed E-state index contributed by atoms with van der Waals surface area (Å²) in [4.78, 5) is 14.0. The molecule has 9 heteroatoms. The molecule has 152 valence electrons. The van der Waals surface area contributed by atoms with Crippen LogP contribution in [0.5, 0.6) is 0 Å². The Morgan fingerprint density at radius 3 is 2.52 bits per heavy atom. The van der Waals surface area contributed by atoms with Crippen molar-refractivity contribution < 1.29 is 17.6 Å². The van der Waals surface area contributed by atoms with E-state index in [1.807, 2.05) is 11.0 Å². The van der Waals surface area contributed by atoms with Crippen LogP contribution in [0.15, 0.2) is 47.4 Å². The van der Waals surface area contributed by atoms with Crippen LogP contribution in [0.2, 0.25) is 0 Å². The first-order valence-electron chi connectivity index (χ1n) is 9.09. The summed E-state index contributed by atoms with van der Waals surface area (Å²) < 4.78 is 40.9. The molecule has 3 rings (SSSR count). The van der Waals surface area contributed by atoms with Crippen molar-refractivity contribution in [2.45, 2.75) is 11.8 Å². The van der Waals surface area contributed by atoms with Gasteiger partial charge in [-0.25, -0.2) is 12.8 Å². The van der Waals surface area contributed by atoms with Gasteiger partial charge in [-0.15, -0.1) is 0 Å². The second-order valence-corrected chi connectivity index (χ2v) is 8.73. The largest absolute Gasteiger partial charge is 0.322 e. The third-order valence-electron chi connectivity index (χ3n) is 4.72. The maximum Gasteiger partial charge on any atom is 0.244 e. The smallest absolute Gasteiger partial charge is 0.244 e. The molecule has 0 aliphatic carbocycles. The molecule has 0 radical (unpaired) electrons. The molecule has 7 nitrogen and oxygen atoms in total. The number of hydrogen-bond donors (Lipinski definition) is 1. The van der Waals surface area contributed by atoms with Crippen molar-refractivity contribution in [3.63, 3.8) is 0 Å². The summed E-state index contributed by atoms with van der Waals surface area (Å²) in [6, 6.07) is 12.6. The number of nitriles is 1. The van der Waals surface area contributed by atoms with Crippen molar-refractivity contribution >= 4 is 21.6 Å². The molecular weight excluding hydrogens is 395 g/mol. The normalized spacial score (nSPS) is 15.6. The minimum Gasteiger partial charge on any atom is -0.322 e. The monoisotopic (exact) mass is 416 g/mol. The molecule has 1 heterocycles. The molecule has 1 saturated heterocycles. The number of aryl methyl sites for hydroxylation is 1. The van der Waals surface area contributed by atoms with E-state index in [0.29, 0.717) is 13.1 Å². The van der Waals surface area contributed by atoms with E-state index >= 15 is 0 Å². The van der Waals surface area contributed by atoms with Gasteiger partial charge in [0, 0.05) is 26.2 Å². The van der Waals surface area contributed by atoms with Gasteiger partial charge in [0.05, 0.1) is 22.7 Å². The van der Waals surface area contributed by atoms with Gasteiger partial charge >= 0.3 is 0 Å². The number of amides is 1. The molecule has 1 amide bonds. The maximum atomic E-state index is 13.9. The number of rotatable bonds is 5. The van der Waals surface area contributed by atoms with Crippen molar-refractivity contribution in [3.05, 3.63) is 59.4 Å². The number of nitrogens with one attached hydrogen (secondary N) is 1. The molecule has 1 aliphatic heterocycles. The van der Waals surface area contributed by atoms with Crippen LogP contribution >= 0.6 is 0 Å². The Morgan fingerprint density at radius 2 is 1.86 bits per heavy atom. The van der Waals surface area contributed by atoms with Gasteiger partial charge in [0.15, 0.2) is 0 Å². The van der Waals surface area contributed by atoms with Gasteiger partial charge in [0.25, 0.3) is 0 Å². The summed E-state index contributed by atoms with van der Waals surface area (Å²) in [5.74, 6) is -0.857. The SMILES string of the molecule is Cc1ccc(NC(=O)CN2CCN(S(=O)(=O)c3ccccc3C#N)CC2)c(F)c1. The van der Waals surface area contributed by atoms with Crippen LogP contribution in [0.25, 0.3) is 0 Å². The zero-order chi connectivity index (χ0) is 21.0. The lowest BCUT2D eigenvalue weighted by atomic mass is 10.2. The summed E-state index contributed by atoms with van der Waals surface area (Å²) in [7, 11) is -3.78. The number of hydrogen-bond acceptors (Lipinski definition) is 5. The van der Waals surface area contributed by atoms with Gasteiger partial charge in [0.2, 0.25) is 15.9 Å². The van der Waals surface area contributed by atoms with Gasteiger partial charge in [-0.05, 0) is 36.8 Å². The van der Waals surface area contributed by atoms with Gasteiger partial charge in [0.1, 0.15) is 11.9 Å². The molecule has 0 aromatic heterocycles. The lowest BCUT2D eigenvalue weighted by Gasteiger charge is -2.33. The van der Waals surface area contributed by atoms with Crippen molar-refractivity contribution in [1.82, 2.24) is 9.21 Å². The van der Waals surface area contributed by atoms with E-state index < -0.39 is 15.8 Å². The first-order valence-corrected chi connectivity index (χ1v) is 10.5. The summed E-state index contributed by atoms with van der Waals surface area (Å²) in [5, 5.41) is 11.7. The highest BCUT2D eigenvalue weighted by molar-refractivity contribution is 7.89. The van der Waals surface area contributed by atoms with Gasteiger partial charge < -0.3 is 5.32 Å². The van der Waals surface area contributed by atoms with Crippen LogP contribution in [0, 0.1) is 24.1 Å². The predicted molar refractivity (Wildman–Crippen MR) is 106 cm³/mol. The highest BCUT2D eigenvalue weighted by Gasteiger charge is 2.30. The molecule has 2 aromatic rings. The van der Waals surface area contributed by atoms with Gasteiger partial charge in [-0.2, -0.15) is 9.57 Å². The Balaban J connectivity index is 1.59. The molecule has 1 N–H and O–H groups in total. The topological polar surface area (TPSA) is 93.5 Å². The lowest BCUT2D eigenvalue weighted by Crippen LogP contribution is -2.50. The minimum atomic E-state index is -3.78. The molecule has 1 aliphatic rings. The highest BCUT2D eigenvalue weighted by atomic mass is 32.2. The standard InChI is InChI=1S/C20H21FN4O3S/c1-15-6-7-18(17(21)12-15)23-20(26)14-24-8-10-25(11-9-24)29(27,28)19-5-3-2-4-16(19)13-22/h2-7,12H,8-11,14H2,1H3,(H,23,26). The highest BCUT2D eigenvalue weighted by Crippen LogP contribution is 2.21. The second-order valence-electron chi connectivity index (χ2n) is 6.82. The fourth-order valence-corrected chi connectivity index (χ4v) is 4.73. The minimum absolute atomic E-state index is 0.0106. The molecule has 0 spiro atoms. The number of benzene rings is 2. The summed E-state index contributed by atoms with van der Waals surface area (Å²) in [6.07, 6.45) is 0. The van der Waals surface area contributed by atoms with Crippen molar-refractivity contribution in [2.24, 2.45) is 0 Å². The average Bonchev–Trinajstić information content (AvgIpc) is 2.70. The summed E-state index contributed by atoms with van der Waals surface area (Å²) in [5.41, 5.74) is 0.986. The first kappa shape index (κ1) is 20.9. The number of carbonyl (C=O) groups is 1. The van der Waals surface area contributed by atoms with E-state index in [1.54, 1.807) is 25.1 Å². The number of halogens is 1. The van der Waals surface area contributed by atoms with E-state index in [0.717, 1.165) is 5.56 Å². The molecule has 1 fully saturated rings. The van der Waals surface area contributed by atoms with Gasteiger partial charge in [-0.3, -0.25) is 9.69 Å². The Hall–Kier alpha value is -2.80. The summed E-state index contributed by atoms with van der Waals surface area (Å²) in [6.45, 7) is 2.92. The fraction of sp³-hybridized carbons (Fsp3) is 0.300. The number of carbonyl (C=O) groups excluding carboxylic acids is 1. The lowest BCUT2D eigenvalue weighted by molar-refractivity contribution is -0.117. The summed E-state index contributed by atoms with van der Waals surface area (Å²) >= 11 is 0. The molecule has 29 heavy (non-hydrogen) atoms. The fourth-order valence-electron chi connectivity index (χ4n) is 3.17. The molecule has 0 bridgehead atoms. The average molecular weight is 416 g/mol. The zero-order valence-electron chi connectivity index (χ0n) is 15.9. The van der Waals surface area contributed by atoms with E-state index in [9.17, 15) is 17.6 Å². The molecule has 0 unspecified atom stereocenters. The van der Waals surface area contributed by atoms with Crippen LogP contribution in [0.4, 0.5) is 10.1 Å². The third kappa shape index (κ3) is 4.79. The molecule has 0 saturated carbocycles. The Bertz CT molecular complexity index is 1060. The van der Waals surface area contributed by atoms with Crippen LogP contribution < -0.4 is 5.32 Å². The molecular formula is C20H21FN4O3S. The van der Waals surface area contributed by atoms with Crippen LogP contribution in [0.1, 0.15) is 11.1 Å². The number of nitrogens with zero attached hydrogens (tertiary/aromatic N) is 3. The predicted octanol–water partition coefficient (Wildman–Crippen LogP) is 1.95. The Kier molecular flexibility index (Phi) is 6.27. The Morgan fingerprint density at radius 1 is 1.17 bits per heavy atom. The zero-order valence-corrected chi connectivity index (χ0v) is 16.7. The van der Waals surface area contributed by atoms with Crippen LogP contribution in [-0.2, 0) is 14.8 Å². The number of anilines is 1. The molecule has 2 aromatic carbocycles. The van der Waals surface area contributed by atoms with Crippen molar-refractivity contribution in [1.29, 1.82) is 5.26 Å². The van der Waals surface area contributed by atoms with Crippen molar-refractivity contribution in [2.75, 3.05) is 38.0 Å². The first-order chi connectivity index (χ1) is 13.8. The maximum absolute atomic E-state index is 13.9. The van der Waals surface area contributed by atoms with Gasteiger partial charge in [-0.1, -0.05) is 18.2 Å².